The van der Waals surface area contributed by atoms with E-state index < -0.39 is 41.4 Å². The molecule has 2 unspecified atom stereocenters. The highest BCUT2D eigenvalue weighted by Gasteiger charge is 2.31. The van der Waals surface area contributed by atoms with Crippen molar-refractivity contribution in [2.75, 3.05) is 44.7 Å². The minimum Gasteiger partial charge on any atom is -0.487 e. The molecule has 1 saturated heterocycles. The normalized spacial score (nSPS) is 19.0. The molecule has 2 aliphatic rings. The quantitative estimate of drug-likeness (QED) is 0.344. The summed E-state index contributed by atoms with van der Waals surface area (Å²) in [5.41, 5.74) is -0.224. The van der Waals surface area contributed by atoms with Crippen LogP contribution in [0.2, 0.25) is 0 Å². The van der Waals surface area contributed by atoms with Gasteiger partial charge in [0.15, 0.2) is 23.8 Å². The van der Waals surface area contributed by atoms with Gasteiger partial charge in [0.25, 0.3) is 0 Å². The molecule has 1 aromatic carbocycles. The molecule has 14 heteroatoms. The molecule has 0 amide bonds. The lowest BCUT2D eigenvalue weighted by Gasteiger charge is -2.37. The van der Waals surface area contributed by atoms with Gasteiger partial charge in [-0.15, -0.1) is 0 Å². The summed E-state index contributed by atoms with van der Waals surface area (Å²) in [4.78, 5) is 47.6. The van der Waals surface area contributed by atoms with Crippen molar-refractivity contribution in [2.45, 2.75) is 25.2 Å². The predicted octanol–water partition coefficient (Wildman–Crippen LogP) is -0.579. The van der Waals surface area contributed by atoms with E-state index in [1.807, 2.05) is 18.9 Å². The number of likely N-dealkylation sites (N-methyl/N-ethyl adjacent to an activating group) is 1. The van der Waals surface area contributed by atoms with Gasteiger partial charge >= 0.3 is 17.9 Å². The largest absolute Gasteiger partial charge is 0.487 e. The second-order valence-electron chi connectivity index (χ2n) is 8.53. The van der Waals surface area contributed by atoms with Crippen LogP contribution in [0.1, 0.15) is 23.3 Å². The van der Waals surface area contributed by atoms with Crippen LogP contribution in [0, 0.1) is 5.82 Å². The van der Waals surface area contributed by atoms with Crippen molar-refractivity contribution in [3.05, 3.63) is 33.9 Å². The number of aromatic nitrogens is 1. The Balaban J connectivity index is 0.000000308. The molecule has 0 spiro atoms. The third-order valence-electron chi connectivity index (χ3n) is 6.00. The molecule has 5 N–H and O–H groups in total. The van der Waals surface area contributed by atoms with Crippen LogP contribution in [0.25, 0.3) is 10.9 Å². The number of piperazine rings is 1. The topological polar surface area (TPSA) is 190 Å². The molecular weight excluding hydrogens is 485 g/mol. The van der Waals surface area contributed by atoms with E-state index in [0.717, 1.165) is 19.2 Å². The van der Waals surface area contributed by atoms with E-state index in [0.29, 0.717) is 30.0 Å². The molecule has 3 heterocycles. The molecule has 3 atom stereocenters. The second-order valence-corrected chi connectivity index (χ2v) is 8.53. The number of halogens is 1. The fourth-order valence-electron chi connectivity index (χ4n) is 3.96. The number of carboxylic acid groups (broad SMARTS) is 3. The van der Waals surface area contributed by atoms with Gasteiger partial charge in [-0.1, -0.05) is 0 Å². The molecule has 2 aliphatic heterocycles. The Hall–Kier alpha value is -3.75. The fraction of sp³-hybridized carbons (Fsp3) is 0.455. The van der Waals surface area contributed by atoms with Crippen LogP contribution in [-0.4, -0.2) is 105 Å². The Labute approximate surface area is 203 Å². The van der Waals surface area contributed by atoms with E-state index in [1.54, 1.807) is 4.57 Å². The van der Waals surface area contributed by atoms with E-state index in [2.05, 4.69) is 4.90 Å². The molecule has 2 aromatic rings. The minimum absolute atomic E-state index is 0.0434. The van der Waals surface area contributed by atoms with Gasteiger partial charge < -0.3 is 44.6 Å². The predicted molar refractivity (Wildman–Crippen MR) is 122 cm³/mol. The van der Waals surface area contributed by atoms with Gasteiger partial charge in [-0.3, -0.25) is 4.79 Å². The van der Waals surface area contributed by atoms with Crippen molar-refractivity contribution in [3.63, 3.8) is 0 Å². The monoisotopic (exact) mass is 511 g/mol. The fourth-order valence-corrected chi connectivity index (χ4v) is 3.96. The van der Waals surface area contributed by atoms with E-state index in [-0.39, 0.29) is 23.6 Å². The Morgan fingerprint density at radius 2 is 1.61 bits per heavy atom. The first-order chi connectivity index (χ1) is 16.8. The first-order valence-corrected chi connectivity index (χ1v) is 10.9. The lowest BCUT2D eigenvalue weighted by atomic mass is 10.1. The summed E-state index contributed by atoms with van der Waals surface area (Å²) >= 11 is 0. The highest BCUT2D eigenvalue weighted by molar-refractivity contribution is 5.97. The first kappa shape index (κ1) is 26.8. The standard InChI is InChI=1S/C18H20FN3O4.C4H6O6/c1-10-9-26-17-14-11(16(23)12(18(24)25)8-22(10)14)7-13(19)15(17)21-5-3-20(2)4-6-21;5-1(3(7)8)2(6)4(9)10/h7-8,10H,3-6,9H2,1-2H3,(H,24,25);1-2,5-6H,(H,7,8)(H,9,10)/t10-;/m0./s1. The summed E-state index contributed by atoms with van der Waals surface area (Å²) in [5.74, 6) is -5.08. The number of pyridine rings is 1. The van der Waals surface area contributed by atoms with Gasteiger partial charge in [0.05, 0.1) is 16.9 Å². The Kier molecular flexibility index (Phi) is 7.81. The molecule has 0 bridgehead atoms. The SMILES string of the molecule is C[C@H]1COc2c(N3CCN(C)CC3)c(F)cc3c(=O)c(C(=O)O)cn1c23.O=C(O)C(O)C(O)C(=O)O. The highest BCUT2D eigenvalue weighted by atomic mass is 19.1. The number of carbonyl (C=O) groups is 3. The third kappa shape index (κ3) is 5.10. The van der Waals surface area contributed by atoms with Crippen molar-refractivity contribution in [3.8, 4) is 5.75 Å². The van der Waals surface area contributed by atoms with E-state index >= 15 is 0 Å². The zero-order valence-corrected chi connectivity index (χ0v) is 19.4. The number of ether oxygens (including phenoxy) is 1. The van der Waals surface area contributed by atoms with Crippen molar-refractivity contribution >= 4 is 34.5 Å². The molecular formula is C22H26FN3O10. The molecule has 196 valence electrons. The zero-order chi connectivity index (χ0) is 26.9. The third-order valence-corrected chi connectivity index (χ3v) is 6.00. The number of carboxylic acids is 3. The Morgan fingerprint density at radius 1 is 1.06 bits per heavy atom. The lowest BCUT2D eigenvalue weighted by Crippen LogP contribution is -2.45. The smallest absolute Gasteiger partial charge is 0.341 e. The molecule has 1 fully saturated rings. The highest BCUT2D eigenvalue weighted by Crippen LogP contribution is 2.42. The van der Waals surface area contributed by atoms with Gasteiger partial charge in [-0.25, -0.2) is 18.8 Å². The number of aromatic carboxylic acids is 1. The van der Waals surface area contributed by atoms with Crippen LogP contribution >= 0.6 is 0 Å². The molecule has 0 aliphatic carbocycles. The second kappa shape index (κ2) is 10.5. The number of aliphatic carboxylic acids is 2. The summed E-state index contributed by atoms with van der Waals surface area (Å²) in [5, 5.41) is 41.9. The van der Waals surface area contributed by atoms with Gasteiger partial charge in [0.1, 0.15) is 17.9 Å². The van der Waals surface area contributed by atoms with Crippen LogP contribution in [0.15, 0.2) is 17.1 Å². The molecule has 0 radical (unpaired) electrons. The molecule has 0 saturated carbocycles. The summed E-state index contributed by atoms with van der Waals surface area (Å²) in [6, 6.07) is 0.994. The zero-order valence-electron chi connectivity index (χ0n) is 19.4. The number of nitrogens with zero attached hydrogens (tertiary/aromatic N) is 3. The number of anilines is 1. The van der Waals surface area contributed by atoms with E-state index in [9.17, 15) is 28.7 Å². The van der Waals surface area contributed by atoms with Crippen molar-refractivity contribution in [1.29, 1.82) is 0 Å². The molecule has 13 nitrogen and oxygen atoms in total. The molecule has 36 heavy (non-hydrogen) atoms. The number of aliphatic hydroxyl groups excluding tert-OH is 2. The lowest BCUT2D eigenvalue weighted by molar-refractivity contribution is -0.165. The Bertz CT molecular complexity index is 1240. The van der Waals surface area contributed by atoms with E-state index in [4.69, 9.17) is 25.2 Å². The maximum Gasteiger partial charge on any atom is 0.341 e. The van der Waals surface area contributed by atoms with Gasteiger partial charge in [0.2, 0.25) is 5.43 Å². The Morgan fingerprint density at radius 3 is 2.11 bits per heavy atom. The average Bonchev–Trinajstić information content (AvgIpc) is 2.82. The molecule has 4 rings (SSSR count). The number of hydrogen-bond acceptors (Lipinski definition) is 9. The van der Waals surface area contributed by atoms with Crippen molar-refractivity contribution in [1.82, 2.24) is 9.47 Å². The summed E-state index contributed by atoms with van der Waals surface area (Å²) in [6.45, 7) is 5.08. The van der Waals surface area contributed by atoms with Crippen LogP contribution < -0.4 is 15.1 Å². The summed E-state index contributed by atoms with van der Waals surface area (Å²) < 4.78 is 22.6. The van der Waals surface area contributed by atoms with Crippen LogP contribution in [-0.2, 0) is 9.59 Å². The number of hydrogen-bond donors (Lipinski definition) is 5. The van der Waals surface area contributed by atoms with Crippen molar-refractivity contribution in [2.24, 2.45) is 0 Å². The van der Waals surface area contributed by atoms with Crippen LogP contribution in [0.5, 0.6) is 5.75 Å². The maximum atomic E-state index is 15.0. The van der Waals surface area contributed by atoms with Crippen molar-refractivity contribution < 1.29 is 49.0 Å². The summed E-state index contributed by atoms with van der Waals surface area (Å²) in [6.07, 6.45) is -3.19. The van der Waals surface area contributed by atoms with E-state index in [1.165, 1.54) is 6.20 Å². The number of rotatable bonds is 5. The van der Waals surface area contributed by atoms with Crippen LogP contribution in [0.3, 0.4) is 0 Å². The van der Waals surface area contributed by atoms with Gasteiger partial charge in [-0.2, -0.15) is 0 Å². The number of aliphatic hydroxyl groups is 2. The molecule has 1 aromatic heterocycles. The minimum atomic E-state index is -2.27. The summed E-state index contributed by atoms with van der Waals surface area (Å²) in [7, 11) is 2.02. The maximum absolute atomic E-state index is 15.0. The van der Waals surface area contributed by atoms with Gasteiger partial charge in [-0.05, 0) is 20.0 Å². The first-order valence-electron chi connectivity index (χ1n) is 10.9. The van der Waals surface area contributed by atoms with Gasteiger partial charge in [0, 0.05) is 32.4 Å². The van der Waals surface area contributed by atoms with Crippen LogP contribution in [0.4, 0.5) is 10.1 Å². The average molecular weight is 511 g/mol. The number of benzene rings is 1.